The summed E-state index contributed by atoms with van der Waals surface area (Å²) in [5, 5.41) is 8.54. The molecule has 0 spiro atoms. The van der Waals surface area contributed by atoms with E-state index < -0.39 is 6.23 Å². The van der Waals surface area contributed by atoms with E-state index in [1.807, 2.05) is 12.1 Å². The topological polar surface area (TPSA) is 128 Å². The summed E-state index contributed by atoms with van der Waals surface area (Å²) in [4.78, 5) is 6.50. The first-order valence-corrected chi connectivity index (χ1v) is 5.71. The van der Waals surface area contributed by atoms with Crippen LogP contribution in [0.4, 0.5) is 5.69 Å². The third kappa shape index (κ3) is 12.1. The van der Waals surface area contributed by atoms with Gasteiger partial charge in [-0.2, -0.15) is 0 Å². The Morgan fingerprint density at radius 1 is 1.30 bits per heavy atom. The first kappa shape index (κ1) is 25.3. The van der Waals surface area contributed by atoms with Crippen molar-refractivity contribution in [3.05, 3.63) is 58.4 Å². The molecule has 0 saturated heterocycles. The summed E-state index contributed by atoms with van der Waals surface area (Å²) in [6, 6.07) is 7.18. The monoisotopic (exact) mass is 587 g/mol. The minimum atomic E-state index is -1.04. The number of benzene rings is 1. The Bertz CT molecular complexity index is 407. The van der Waals surface area contributed by atoms with Crippen molar-refractivity contribution >= 4 is 21.6 Å². The summed E-state index contributed by atoms with van der Waals surface area (Å²) in [5.74, 6) is 0. The van der Waals surface area contributed by atoms with Crippen LogP contribution >= 0.6 is 15.9 Å². The number of imidazole rings is 1. The van der Waals surface area contributed by atoms with Gasteiger partial charge in [0.15, 0.2) is 0 Å². The zero-order chi connectivity index (χ0) is 12.7. The van der Waals surface area contributed by atoms with Crippen LogP contribution in [0.5, 0.6) is 0 Å². The molecule has 6 nitrogen and oxygen atoms in total. The maximum absolute atomic E-state index is 8.54. The summed E-state index contributed by atoms with van der Waals surface area (Å²) >= 11 is 3.26. The van der Waals surface area contributed by atoms with Gasteiger partial charge in [0, 0.05) is 70.1 Å². The fourth-order valence-corrected chi connectivity index (χ4v) is 1.32. The van der Waals surface area contributed by atoms with Crippen molar-refractivity contribution in [2.75, 3.05) is 0 Å². The minimum Gasteiger partial charge on any atom is -0.699 e. The minimum absolute atomic E-state index is 0. The molecule has 1 heterocycles. The van der Waals surface area contributed by atoms with Gasteiger partial charge in [-0.1, -0.05) is 28.1 Å². The second kappa shape index (κ2) is 14.3. The van der Waals surface area contributed by atoms with Gasteiger partial charge in [-0.15, -0.1) is 5.69 Å². The van der Waals surface area contributed by atoms with Crippen molar-refractivity contribution in [1.29, 1.82) is 0 Å². The largest absolute Gasteiger partial charge is 0.699 e. The molecule has 0 bridgehead atoms. The number of rotatable bonds is 2. The van der Waals surface area contributed by atoms with Crippen LogP contribution < -0.4 is 0 Å². The van der Waals surface area contributed by atoms with Gasteiger partial charge in [-0.3, -0.25) is 0 Å². The molecule has 2 rings (SSSR count). The number of hydrogen-bond donors (Lipinski definition) is 2. The van der Waals surface area contributed by atoms with E-state index in [4.69, 9.17) is 16.6 Å². The number of aromatic amines is 1. The summed E-state index contributed by atoms with van der Waals surface area (Å²) in [6.45, 7) is 0. The molecule has 0 fully saturated rings. The summed E-state index contributed by atoms with van der Waals surface area (Å²) in [5.41, 5.74) is 15.2. The SMILES string of the molecule is O.[NH-]C(O)Cc1cnc[nH]1.[NH-]c1ccc(Br)cc1.[W].[Y]. The van der Waals surface area contributed by atoms with Crippen molar-refractivity contribution in [2.24, 2.45) is 0 Å². The molecule has 0 aliphatic carbocycles. The molecule has 1 atom stereocenters. The van der Waals surface area contributed by atoms with E-state index in [0.29, 0.717) is 12.1 Å². The van der Waals surface area contributed by atoms with Gasteiger partial charge in [0.1, 0.15) is 0 Å². The van der Waals surface area contributed by atoms with E-state index in [1.165, 1.54) is 6.33 Å². The fraction of sp³-hybridized carbons (Fsp3) is 0.182. The van der Waals surface area contributed by atoms with Crippen LogP contribution in [0.2, 0.25) is 0 Å². The Kier molecular flexibility index (Phi) is 18.2. The number of aliphatic hydroxyl groups excluding tert-OH is 1. The molecule has 20 heavy (non-hydrogen) atoms. The first-order chi connectivity index (χ1) is 8.08. The van der Waals surface area contributed by atoms with Crippen LogP contribution in [-0.4, -0.2) is 26.8 Å². The van der Waals surface area contributed by atoms with Crippen molar-refractivity contribution in [3.8, 4) is 0 Å². The van der Waals surface area contributed by atoms with E-state index in [9.17, 15) is 0 Å². The normalized spacial score (nSPS) is 9.75. The van der Waals surface area contributed by atoms with Crippen LogP contribution in [0.3, 0.4) is 0 Å². The zero-order valence-corrected chi connectivity index (χ0v) is 17.9. The third-order valence-corrected chi connectivity index (χ3v) is 2.34. The first-order valence-electron chi connectivity index (χ1n) is 4.91. The van der Waals surface area contributed by atoms with Crippen LogP contribution in [0.1, 0.15) is 5.69 Å². The quantitative estimate of drug-likeness (QED) is 0.560. The van der Waals surface area contributed by atoms with Crippen LogP contribution in [0.25, 0.3) is 11.5 Å². The maximum atomic E-state index is 8.54. The Morgan fingerprint density at radius 2 is 1.85 bits per heavy atom. The molecule has 1 unspecified atom stereocenters. The van der Waals surface area contributed by atoms with Crippen molar-refractivity contribution in [2.45, 2.75) is 12.6 Å². The maximum Gasteiger partial charge on any atom is 0.0921 e. The smallest absolute Gasteiger partial charge is 0.0921 e. The number of aromatic nitrogens is 2. The Balaban J connectivity index is -0.000000252. The van der Waals surface area contributed by atoms with Crippen LogP contribution in [0.15, 0.2) is 41.3 Å². The number of nitrogens with one attached hydrogen (secondary N) is 3. The van der Waals surface area contributed by atoms with E-state index >= 15 is 0 Å². The predicted octanol–water partition coefficient (Wildman–Crippen LogP) is 2.63. The number of halogens is 1. The zero-order valence-electron chi connectivity index (χ0n) is 10.5. The molecule has 1 radical (unpaired) electrons. The van der Waals surface area contributed by atoms with E-state index in [2.05, 4.69) is 25.9 Å². The van der Waals surface area contributed by atoms with Gasteiger partial charge in [0.05, 0.1) is 6.33 Å². The second-order valence-electron chi connectivity index (χ2n) is 3.30. The Hall–Kier alpha value is 0.382. The van der Waals surface area contributed by atoms with Gasteiger partial charge in [-0.25, -0.2) is 4.98 Å². The molecule has 6 N–H and O–H groups in total. The van der Waals surface area contributed by atoms with E-state index in [1.54, 1.807) is 18.3 Å². The number of hydrogen-bond acceptors (Lipinski definition) is 2. The van der Waals surface area contributed by atoms with E-state index in [0.717, 1.165) is 10.2 Å². The van der Waals surface area contributed by atoms with Gasteiger partial charge in [0.25, 0.3) is 0 Å². The second-order valence-corrected chi connectivity index (χ2v) is 4.22. The van der Waals surface area contributed by atoms with E-state index in [-0.39, 0.29) is 59.3 Å². The molecule has 2 aromatic rings. The molecular formula is C11H15BrN4O2WY-2. The van der Waals surface area contributed by atoms with Crippen LogP contribution in [-0.2, 0) is 60.2 Å². The average Bonchev–Trinajstić information content (AvgIpc) is 2.75. The molecule has 109 valence electrons. The Morgan fingerprint density at radius 3 is 2.20 bits per heavy atom. The summed E-state index contributed by atoms with van der Waals surface area (Å²) in [7, 11) is 0. The predicted molar refractivity (Wildman–Crippen MR) is 74.4 cm³/mol. The molecule has 0 aliphatic heterocycles. The van der Waals surface area contributed by atoms with Gasteiger partial charge in [-0.05, 0) is 24.8 Å². The molecule has 9 heteroatoms. The number of aliphatic hydroxyl groups is 1. The summed E-state index contributed by atoms with van der Waals surface area (Å²) in [6.07, 6.45) is 2.40. The standard InChI is InChI=1S/C6H5BrN.C5H8N3O.H2O.W.Y/c7-5-1-3-6(8)4-2-5;6-5(9)1-4-2-7-3-8-4;;;/h1-4,8H;2-3,5-6,9H,1H2,(H,7,8);1H2;;/q2*-1;;;. The van der Waals surface area contributed by atoms with Crippen molar-refractivity contribution < 1.29 is 64.4 Å². The molecule has 1 aromatic carbocycles. The third-order valence-electron chi connectivity index (χ3n) is 1.81. The van der Waals surface area contributed by atoms with Crippen LogP contribution in [0, 0.1) is 0 Å². The molecule has 0 amide bonds. The molecule has 0 aliphatic rings. The molecule has 1 aromatic heterocycles. The van der Waals surface area contributed by atoms with Crippen molar-refractivity contribution in [3.63, 3.8) is 0 Å². The average molecular weight is 588 g/mol. The number of H-pyrrole nitrogens is 1. The van der Waals surface area contributed by atoms with Gasteiger partial charge in [0.2, 0.25) is 0 Å². The van der Waals surface area contributed by atoms with Gasteiger partial charge >= 0.3 is 0 Å². The molecular weight excluding hydrogens is 573 g/mol. The van der Waals surface area contributed by atoms with Gasteiger partial charge < -0.3 is 27.0 Å². The van der Waals surface area contributed by atoms with Crippen molar-refractivity contribution in [1.82, 2.24) is 9.97 Å². The fourth-order valence-electron chi connectivity index (χ4n) is 1.05. The summed E-state index contributed by atoms with van der Waals surface area (Å²) < 4.78 is 1.02. The Labute approximate surface area is 165 Å². The molecule has 0 saturated carbocycles. The number of nitrogens with zero attached hydrogens (tertiary/aromatic N) is 1.